The molecule has 0 spiro atoms. The van der Waals surface area contributed by atoms with Gasteiger partial charge in [-0.25, -0.2) is 0 Å². The second kappa shape index (κ2) is 15.2. The van der Waals surface area contributed by atoms with Gasteiger partial charge in [-0.3, -0.25) is 0 Å². The predicted molar refractivity (Wildman–Crippen MR) is 276 cm³/mol. The van der Waals surface area contributed by atoms with Gasteiger partial charge in [-0.1, -0.05) is 187 Å². The Morgan fingerprint density at radius 3 is 1.38 bits per heavy atom. The van der Waals surface area contributed by atoms with Gasteiger partial charge in [0.1, 0.15) is 0 Å². The summed E-state index contributed by atoms with van der Waals surface area (Å²) in [5.41, 5.74) is 18.0. The fraction of sp³-hybridized carbons (Fsp3) is 0.186. The highest BCUT2D eigenvalue weighted by molar-refractivity contribution is 7.20. The summed E-state index contributed by atoms with van der Waals surface area (Å²) in [5.74, 6) is 0. The van der Waals surface area contributed by atoms with Gasteiger partial charge < -0.3 is 9.80 Å². The number of benzene rings is 8. The highest BCUT2D eigenvalue weighted by Gasteiger charge is 2.47. The van der Waals surface area contributed by atoms with Crippen LogP contribution in [0, 0.1) is 20.8 Å². The van der Waals surface area contributed by atoms with E-state index in [0.717, 1.165) is 0 Å². The van der Waals surface area contributed by atoms with Crippen molar-refractivity contribution in [3.8, 4) is 0 Å². The molecule has 2 aliphatic rings. The van der Waals surface area contributed by atoms with Crippen LogP contribution in [0.15, 0.2) is 182 Å². The molecule has 0 atom stereocenters. The molecule has 2 aliphatic heterocycles. The molecule has 2 nitrogen and oxygen atoms in total. The molecule has 0 N–H and O–H groups in total. The van der Waals surface area contributed by atoms with E-state index in [1.165, 1.54) is 99.1 Å². The van der Waals surface area contributed by atoms with Crippen molar-refractivity contribution in [2.45, 2.75) is 73.1 Å². The van der Waals surface area contributed by atoms with Crippen LogP contribution in [0.1, 0.15) is 69.4 Å². The SMILES string of the molecule is Cc1cc2c3c(c1)N(c1c(C)cccc1C)c1ccc([Si](c4ccccc4)(c4ccccc4)c4ccccc4)cc1B3c1cc(C(C)(C)C)ccc1N2c1ccc(C(C)(C)C)cc1. The Morgan fingerprint density at radius 1 is 0.397 bits per heavy atom. The summed E-state index contributed by atoms with van der Waals surface area (Å²) in [6.45, 7) is 20.7. The third-order valence-corrected chi connectivity index (χ3v) is 18.6. The van der Waals surface area contributed by atoms with Crippen LogP contribution in [0.5, 0.6) is 0 Å². The first-order valence-corrected chi connectivity index (χ1v) is 24.6. The van der Waals surface area contributed by atoms with Crippen LogP contribution in [-0.4, -0.2) is 14.8 Å². The number of hydrogen-bond donors (Lipinski definition) is 0. The first kappa shape index (κ1) is 40.7. The molecule has 2 heterocycles. The molecule has 0 aliphatic carbocycles. The molecule has 0 bridgehead atoms. The van der Waals surface area contributed by atoms with Crippen molar-refractivity contribution in [1.82, 2.24) is 0 Å². The molecule has 0 aromatic heterocycles. The molecule has 0 saturated heterocycles. The first-order valence-electron chi connectivity index (χ1n) is 22.6. The molecule has 0 saturated carbocycles. The molecule has 4 heteroatoms. The number of para-hydroxylation sites is 1. The molecule has 0 fully saturated rings. The summed E-state index contributed by atoms with van der Waals surface area (Å²) in [6.07, 6.45) is 0. The van der Waals surface area contributed by atoms with Crippen LogP contribution in [0.4, 0.5) is 34.1 Å². The van der Waals surface area contributed by atoms with Crippen LogP contribution in [0.25, 0.3) is 0 Å². The van der Waals surface area contributed by atoms with Gasteiger partial charge in [-0.2, -0.15) is 0 Å². The molecular formula is C59H57BN2Si. The molecule has 0 radical (unpaired) electrons. The lowest BCUT2D eigenvalue weighted by Gasteiger charge is -2.46. The highest BCUT2D eigenvalue weighted by atomic mass is 28.3. The van der Waals surface area contributed by atoms with E-state index in [1.807, 2.05) is 0 Å². The van der Waals surface area contributed by atoms with E-state index in [1.54, 1.807) is 0 Å². The molecule has 8 aromatic rings. The van der Waals surface area contributed by atoms with Gasteiger partial charge in [0.25, 0.3) is 6.71 Å². The third-order valence-electron chi connectivity index (χ3n) is 13.8. The van der Waals surface area contributed by atoms with Gasteiger partial charge in [0.05, 0.1) is 5.69 Å². The van der Waals surface area contributed by atoms with Crippen molar-refractivity contribution in [2.24, 2.45) is 0 Å². The van der Waals surface area contributed by atoms with E-state index in [-0.39, 0.29) is 17.5 Å². The summed E-state index contributed by atoms with van der Waals surface area (Å²) in [6, 6.07) is 70.0. The van der Waals surface area contributed by atoms with Gasteiger partial charge in [0.15, 0.2) is 8.07 Å². The monoisotopic (exact) mass is 832 g/mol. The molecule has 63 heavy (non-hydrogen) atoms. The van der Waals surface area contributed by atoms with Crippen LogP contribution < -0.4 is 46.9 Å². The topological polar surface area (TPSA) is 6.48 Å². The zero-order valence-electron chi connectivity index (χ0n) is 38.3. The largest absolute Gasteiger partial charge is 0.311 e. The lowest BCUT2D eigenvalue weighted by Crippen LogP contribution is -2.75. The summed E-state index contributed by atoms with van der Waals surface area (Å²) >= 11 is 0. The minimum atomic E-state index is -2.87. The summed E-state index contributed by atoms with van der Waals surface area (Å²) < 4.78 is 0. The predicted octanol–water partition coefficient (Wildman–Crippen LogP) is 10.7. The zero-order valence-corrected chi connectivity index (χ0v) is 39.3. The number of rotatable bonds is 6. The third kappa shape index (κ3) is 6.61. The molecule has 0 amide bonds. The minimum Gasteiger partial charge on any atom is -0.311 e. The molecular weight excluding hydrogens is 776 g/mol. The maximum atomic E-state index is 2.65. The fourth-order valence-electron chi connectivity index (χ4n) is 10.7. The number of aryl methyl sites for hydroxylation is 3. The number of anilines is 6. The van der Waals surface area contributed by atoms with Crippen LogP contribution in [-0.2, 0) is 10.8 Å². The Hall–Kier alpha value is -6.36. The smallest absolute Gasteiger partial charge is 0.252 e. The van der Waals surface area contributed by atoms with Crippen LogP contribution in [0.3, 0.4) is 0 Å². The van der Waals surface area contributed by atoms with E-state index in [4.69, 9.17) is 0 Å². The maximum Gasteiger partial charge on any atom is 0.252 e. The quantitative estimate of drug-likeness (QED) is 0.122. The average molecular weight is 833 g/mol. The molecule has 8 aromatic carbocycles. The van der Waals surface area contributed by atoms with Gasteiger partial charge >= 0.3 is 0 Å². The fourth-order valence-corrected chi connectivity index (χ4v) is 15.5. The highest BCUT2D eigenvalue weighted by Crippen LogP contribution is 2.46. The van der Waals surface area contributed by atoms with Gasteiger partial charge in [-0.15, -0.1) is 0 Å². The second-order valence-electron chi connectivity index (χ2n) is 20.0. The second-order valence-corrected chi connectivity index (χ2v) is 23.8. The first-order chi connectivity index (χ1) is 30.3. The van der Waals surface area contributed by atoms with E-state index in [0.29, 0.717) is 0 Å². The van der Waals surface area contributed by atoms with Crippen molar-refractivity contribution < 1.29 is 0 Å². The summed E-state index contributed by atoms with van der Waals surface area (Å²) in [5, 5.41) is 5.53. The summed E-state index contributed by atoms with van der Waals surface area (Å²) in [7, 11) is -2.87. The van der Waals surface area contributed by atoms with E-state index in [9.17, 15) is 0 Å². The normalized spacial score (nSPS) is 13.4. The standard InChI is InChI=1S/C59H57BN2Si/c1-40-36-54-56-55(37-40)62(57-41(2)20-19-21-42(57)3)53-35-33-49(63(46-22-13-10-14-23-46,47-24-15-11-16-25-47)48-26-17-12-18-27-48)39-51(53)60(56)50-38-44(59(7,8)9)30-34-52(50)61(54)45-31-28-43(29-32-45)58(4,5)6/h10-39H,1-9H3. The maximum absolute atomic E-state index is 2.87. The van der Waals surface area contributed by atoms with Crippen molar-refractivity contribution in [1.29, 1.82) is 0 Å². The lowest BCUT2D eigenvalue weighted by atomic mass is 9.33. The Labute approximate surface area is 377 Å². The van der Waals surface area contributed by atoms with Gasteiger partial charge in [-0.05, 0) is 133 Å². The van der Waals surface area contributed by atoms with Crippen molar-refractivity contribution >= 4 is 86.0 Å². The van der Waals surface area contributed by atoms with Crippen molar-refractivity contribution in [3.05, 3.63) is 210 Å². The molecule has 0 unspecified atom stereocenters. The van der Waals surface area contributed by atoms with Crippen LogP contribution >= 0.6 is 0 Å². The van der Waals surface area contributed by atoms with Crippen molar-refractivity contribution in [2.75, 3.05) is 9.80 Å². The Balaban J connectivity index is 1.34. The average Bonchev–Trinajstić information content (AvgIpc) is 3.27. The van der Waals surface area contributed by atoms with Crippen LogP contribution in [0.2, 0.25) is 0 Å². The van der Waals surface area contributed by atoms with Gasteiger partial charge in [0.2, 0.25) is 0 Å². The number of fused-ring (bicyclic) bond motifs is 4. The lowest BCUT2D eigenvalue weighted by molar-refractivity contribution is 0.590. The zero-order chi connectivity index (χ0) is 43.8. The van der Waals surface area contributed by atoms with Crippen molar-refractivity contribution in [3.63, 3.8) is 0 Å². The van der Waals surface area contributed by atoms with E-state index in [2.05, 4.69) is 254 Å². The minimum absolute atomic E-state index is 0.0115. The Morgan fingerprint density at radius 2 is 0.857 bits per heavy atom. The Bertz CT molecular complexity index is 2880. The molecule has 310 valence electrons. The van der Waals surface area contributed by atoms with Gasteiger partial charge in [0, 0.05) is 28.4 Å². The number of nitrogens with zero attached hydrogens (tertiary/aromatic N) is 2. The summed E-state index contributed by atoms with van der Waals surface area (Å²) in [4.78, 5) is 5.17. The molecule has 10 rings (SSSR count). The van der Waals surface area contributed by atoms with E-state index >= 15 is 0 Å². The van der Waals surface area contributed by atoms with E-state index < -0.39 is 8.07 Å². The Kier molecular flexibility index (Phi) is 9.80. The number of hydrogen-bond acceptors (Lipinski definition) is 2.